The van der Waals surface area contributed by atoms with Gasteiger partial charge in [-0.25, -0.2) is 0 Å². The fraction of sp³-hybridized carbons (Fsp3) is 0.593. The number of hydrogen-bond acceptors (Lipinski definition) is 5. The van der Waals surface area contributed by atoms with Crippen LogP contribution in [0.1, 0.15) is 201 Å². The van der Waals surface area contributed by atoms with Crippen LogP contribution in [0.5, 0.6) is 0 Å². The molecule has 0 aromatic heterocycles. The molecule has 0 radical (unpaired) electrons. The molecule has 0 aromatic carbocycles. The number of esters is 2. The van der Waals surface area contributed by atoms with Crippen molar-refractivity contribution < 1.29 is 23.8 Å². The van der Waals surface area contributed by atoms with E-state index in [1.54, 1.807) is 0 Å². The Morgan fingerprint density at radius 1 is 0.359 bits per heavy atom. The van der Waals surface area contributed by atoms with E-state index in [-0.39, 0.29) is 25.2 Å². The number of allylic oxidation sites excluding steroid dienone is 22. The Morgan fingerprint density at radius 2 is 0.703 bits per heavy atom. The lowest BCUT2D eigenvalue weighted by Crippen LogP contribution is -2.30. The number of carbonyl (C=O) groups excluding carboxylic acids is 2. The highest BCUT2D eigenvalue weighted by molar-refractivity contribution is 5.70. The maximum Gasteiger partial charge on any atom is 0.306 e. The van der Waals surface area contributed by atoms with Crippen LogP contribution < -0.4 is 0 Å². The zero-order chi connectivity index (χ0) is 46.3. The first-order valence-corrected chi connectivity index (χ1v) is 25.7. The standard InChI is InChI=1S/C59H94O5/c1-4-7-10-13-16-19-22-25-28-29-30-31-33-34-37-40-43-46-49-52-58(60)63-56-57(55-62-54-51-48-45-42-39-36-27-24-21-18-15-12-9-6-3)64-59(61)53-50-47-44-41-38-35-32-26-23-20-17-14-11-8-5-2/h7,9-10,12,16-21,25-28,30-32,34,36-37,42,45,57H,4-6,8,11,13-15,22-24,29,33,35,38-41,43-44,46-56H2,1-3H3/b10-7-,12-9-,19-16-,20-17-,21-18-,28-25-,31-30-,32-26-,36-27-,37-34-,45-42-. The number of ether oxygens (including phenoxy) is 3. The highest BCUT2D eigenvalue weighted by Crippen LogP contribution is 2.11. The minimum Gasteiger partial charge on any atom is -0.462 e. The molecule has 0 aliphatic carbocycles. The van der Waals surface area contributed by atoms with Crippen molar-refractivity contribution in [3.63, 3.8) is 0 Å². The summed E-state index contributed by atoms with van der Waals surface area (Å²) in [6, 6.07) is 0. The maximum absolute atomic E-state index is 12.8. The normalized spacial score (nSPS) is 13.4. The second-order valence-electron chi connectivity index (χ2n) is 16.3. The molecule has 0 bridgehead atoms. The van der Waals surface area contributed by atoms with Crippen LogP contribution in [0.4, 0.5) is 0 Å². The topological polar surface area (TPSA) is 61.8 Å². The van der Waals surface area contributed by atoms with E-state index in [1.807, 2.05) is 0 Å². The number of carbonyl (C=O) groups is 2. The summed E-state index contributed by atoms with van der Waals surface area (Å²) in [7, 11) is 0. The van der Waals surface area contributed by atoms with Crippen molar-refractivity contribution in [3.05, 3.63) is 134 Å². The van der Waals surface area contributed by atoms with Crippen molar-refractivity contribution in [1.82, 2.24) is 0 Å². The molecular formula is C59H94O5. The van der Waals surface area contributed by atoms with Crippen molar-refractivity contribution in [2.45, 2.75) is 207 Å². The summed E-state index contributed by atoms with van der Waals surface area (Å²) in [5.41, 5.74) is 0. The third-order valence-corrected chi connectivity index (χ3v) is 10.2. The SMILES string of the molecule is CC/C=C\C/C=C\C/C=C\C/C=C\C/C=C\CCCCCC(=O)OCC(COCCC/C=C\C/C=C\C/C=C\C/C=C\CC)OC(=O)CCCCCCC/C=C\C/C=C\CCCCC. The van der Waals surface area contributed by atoms with Crippen molar-refractivity contribution in [2.24, 2.45) is 0 Å². The zero-order valence-corrected chi connectivity index (χ0v) is 41.2. The summed E-state index contributed by atoms with van der Waals surface area (Å²) in [4.78, 5) is 25.4. The minimum atomic E-state index is -0.595. The minimum absolute atomic E-state index is 0.0314. The second-order valence-corrected chi connectivity index (χ2v) is 16.3. The van der Waals surface area contributed by atoms with E-state index in [2.05, 4.69) is 154 Å². The molecule has 0 aliphatic heterocycles. The van der Waals surface area contributed by atoms with E-state index in [1.165, 1.54) is 38.5 Å². The van der Waals surface area contributed by atoms with Crippen LogP contribution in [-0.4, -0.2) is 37.9 Å². The van der Waals surface area contributed by atoms with Gasteiger partial charge >= 0.3 is 11.9 Å². The van der Waals surface area contributed by atoms with Gasteiger partial charge in [-0.3, -0.25) is 9.59 Å². The molecule has 0 aliphatic rings. The van der Waals surface area contributed by atoms with Gasteiger partial charge in [0.05, 0.1) is 6.61 Å². The molecule has 0 heterocycles. The van der Waals surface area contributed by atoms with E-state index in [0.717, 1.165) is 128 Å². The molecule has 0 fully saturated rings. The Kier molecular flexibility index (Phi) is 50.1. The summed E-state index contributed by atoms with van der Waals surface area (Å²) < 4.78 is 17.3. The highest BCUT2D eigenvalue weighted by Gasteiger charge is 2.17. The Bertz CT molecular complexity index is 1370. The molecule has 5 heteroatoms. The van der Waals surface area contributed by atoms with Gasteiger partial charge in [-0.1, -0.05) is 193 Å². The van der Waals surface area contributed by atoms with Crippen LogP contribution in [0.2, 0.25) is 0 Å². The Morgan fingerprint density at radius 3 is 1.14 bits per heavy atom. The Labute approximate surface area is 394 Å². The molecule has 0 amide bonds. The predicted molar refractivity (Wildman–Crippen MR) is 278 cm³/mol. The fourth-order valence-electron chi connectivity index (χ4n) is 6.39. The van der Waals surface area contributed by atoms with Crippen molar-refractivity contribution in [1.29, 1.82) is 0 Å². The molecule has 0 aromatic rings. The molecule has 360 valence electrons. The summed E-state index contributed by atoms with van der Waals surface area (Å²) in [5.74, 6) is -0.492. The highest BCUT2D eigenvalue weighted by atomic mass is 16.6. The van der Waals surface area contributed by atoms with E-state index in [4.69, 9.17) is 14.2 Å². The lowest BCUT2D eigenvalue weighted by Gasteiger charge is -2.18. The first-order valence-electron chi connectivity index (χ1n) is 25.7. The second kappa shape index (κ2) is 53.4. The number of hydrogen-bond donors (Lipinski definition) is 0. The maximum atomic E-state index is 12.8. The average Bonchev–Trinajstić information content (AvgIpc) is 3.30. The number of rotatable bonds is 45. The largest absolute Gasteiger partial charge is 0.462 e. The molecule has 0 rings (SSSR count). The summed E-state index contributed by atoms with van der Waals surface area (Å²) in [6.07, 6.45) is 76.1. The van der Waals surface area contributed by atoms with Crippen molar-refractivity contribution in [2.75, 3.05) is 19.8 Å². The third kappa shape index (κ3) is 50.7. The Hall–Kier alpha value is -3.96. The molecule has 0 saturated heterocycles. The lowest BCUT2D eigenvalue weighted by molar-refractivity contribution is -0.163. The summed E-state index contributed by atoms with van der Waals surface area (Å²) >= 11 is 0. The van der Waals surface area contributed by atoms with E-state index >= 15 is 0 Å². The molecule has 1 unspecified atom stereocenters. The van der Waals surface area contributed by atoms with Gasteiger partial charge in [0.1, 0.15) is 6.61 Å². The third-order valence-electron chi connectivity index (χ3n) is 10.2. The van der Waals surface area contributed by atoms with Crippen LogP contribution in [0.15, 0.2) is 134 Å². The predicted octanol–water partition coefficient (Wildman–Crippen LogP) is 17.6. The molecule has 0 spiro atoms. The van der Waals surface area contributed by atoms with E-state index in [9.17, 15) is 9.59 Å². The average molecular weight is 883 g/mol. The molecule has 1 atom stereocenters. The number of unbranched alkanes of at least 4 members (excludes halogenated alkanes) is 12. The van der Waals surface area contributed by atoms with Gasteiger partial charge in [-0.15, -0.1) is 0 Å². The first kappa shape index (κ1) is 60.0. The Balaban J connectivity index is 4.46. The van der Waals surface area contributed by atoms with Gasteiger partial charge in [0.2, 0.25) is 0 Å². The van der Waals surface area contributed by atoms with Crippen LogP contribution in [0.25, 0.3) is 0 Å². The van der Waals surface area contributed by atoms with Crippen LogP contribution in [-0.2, 0) is 23.8 Å². The van der Waals surface area contributed by atoms with Crippen LogP contribution >= 0.6 is 0 Å². The van der Waals surface area contributed by atoms with Gasteiger partial charge in [0, 0.05) is 19.4 Å². The summed E-state index contributed by atoms with van der Waals surface area (Å²) in [5, 5.41) is 0. The smallest absolute Gasteiger partial charge is 0.306 e. The molecule has 0 saturated carbocycles. The molecule has 64 heavy (non-hydrogen) atoms. The van der Waals surface area contributed by atoms with Crippen molar-refractivity contribution >= 4 is 11.9 Å². The first-order chi connectivity index (χ1) is 31.6. The molecule has 5 nitrogen and oxygen atoms in total. The zero-order valence-electron chi connectivity index (χ0n) is 41.2. The van der Waals surface area contributed by atoms with Crippen molar-refractivity contribution in [3.8, 4) is 0 Å². The summed E-state index contributed by atoms with van der Waals surface area (Å²) in [6.45, 7) is 7.36. The van der Waals surface area contributed by atoms with Gasteiger partial charge in [0.25, 0.3) is 0 Å². The van der Waals surface area contributed by atoms with E-state index < -0.39 is 6.10 Å². The van der Waals surface area contributed by atoms with Gasteiger partial charge in [-0.2, -0.15) is 0 Å². The van der Waals surface area contributed by atoms with Gasteiger partial charge < -0.3 is 14.2 Å². The monoisotopic (exact) mass is 883 g/mol. The molecular weight excluding hydrogens is 789 g/mol. The lowest BCUT2D eigenvalue weighted by atomic mass is 10.1. The fourth-order valence-corrected chi connectivity index (χ4v) is 6.39. The van der Waals surface area contributed by atoms with E-state index in [0.29, 0.717) is 19.4 Å². The quantitative estimate of drug-likeness (QED) is 0.0346. The van der Waals surface area contributed by atoms with Crippen LogP contribution in [0, 0.1) is 0 Å². The van der Waals surface area contributed by atoms with Gasteiger partial charge in [-0.05, 0) is 128 Å². The van der Waals surface area contributed by atoms with Gasteiger partial charge in [0.15, 0.2) is 6.10 Å². The molecule has 0 N–H and O–H groups in total. The van der Waals surface area contributed by atoms with Crippen LogP contribution in [0.3, 0.4) is 0 Å².